The van der Waals surface area contributed by atoms with Crippen LogP contribution in [0.1, 0.15) is 16.7 Å². The molecule has 0 saturated carbocycles. The highest BCUT2D eigenvalue weighted by molar-refractivity contribution is 6.40. The van der Waals surface area contributed by atoms with E-state index in [9.17, 15) is 9.59 Å². The first kappa shape index (κ1) is 19.3. The second kappa shape index (κ2) is 8.03. The van der Waals surface area contributed by atoms with Crippen LogP contribution in [0, 0.1) is 13.8 Å². The van der Waals surface area contributed by atoms with Gasteiger partial charge in [-0.15, -0.1) is 0 Å². The number of esters is 1. The van der Waals surface area contributed by atoms with Crippen LogP contribution in [0.15, 0.2) is 41.0 Å². The second-order valence-corrected chi connectivity index (χ2v) is 6.98. The molecule has 0 fully saturated rings. The van der Waals surface area contributed by atoms with E-state index in [0.717, 1.165) is 16.5 Å². The molecule has 0 bridgehead atoms. The maximum atomic E-state index is 12.1. The van der Waals surface area contributed by atoms with Gasteiger partial charge in [0.25, 0.3) is 5.91 Å². The maximum Gasteiger partial charge on any atom is 0.310 e. The van der Waals surface area contributed by atoms with E-state index in [1.807, 2.05) is 25.1 Å². The van der Waals surface area contributed by atoms with Crippen LogP contribution in [0.4, 0.5) is 5.69 Å². The Hall–Kier alpha value is -2.50. The Morgan fingerprint density at radius 3 is 2.70 bits per heavy atom. The van der Waals surface area contributed by atoms with Gasteiger partial charge in [0.15, 0.2) is 6.61 Å². The maximum absolute atomic E-state index is 12.1. The van der Waals surface area contributed by atoms with Gasteiger partial charge in [0.2, 0.25) is 0 Å². The van der Waals surface area contributed by atoms with Gasteiger partial charge in [0, 0.05) is 10.9 Å². The van der Waals surface area contributed by atoms with Crippen molar-refractivity contribution in [1.29, 1.82) is 0 Å². The highest BCUT2D eigenvalue weighted by atomic mass is 35.5. The molecule has 1 N–H and O–H groups in total. The third kappa shape index (κ3) is 4.43. The largest absolute Gasteiger partial charge is 0.464 e. The summed E-state index contributed by atoms with van der Waals surface area (Å²) >= 11 is 12.2. The summed E-state index contributed by atoms with van der Waals surface area (Å²) < 4.78 is 10.5. The van der Waals surface area contributed by atoms with Crippen LogP contribution in [-0.2, 0) is 20.7 Å². The molecule has 0 atom stereocenters. The van der Waals surface area contributed by atoms with E-state index in [1.165, 1.54) is 6.26 Å². The number of hydrogen-bond donors (Lipinski definition) is 1. The van der Waals surface area contributed by atoms with Crippen LogP contribution >= 0.6 is 23.2 Å². The van der Waals surface area contributed by atoms with Gasteiger partial charge < -0.3 is 14.5 Å². The van der Waals surface area contributed by atoms with E-state index in [4.69, 9.17) is 32.4 Å². The van der Waals surface area contributed by atoms with E-state index >= 15 is 0 Å². The summed E-state index contributed by atoms with van der Waals surface area (Å²) in [6.07, 6.45) is 1.53. The molecule has 3 rings (SSSR count). The highest BCUT2D eigenvalue weighted by Crippen LogP contribution is 2.32. The summed E-state index contributed by atoms with van der Waals surface area (Å²) in [5, 5.41) is 4.08. The molecule has 0 unspecified atom stereocenters. The molecule has 0 aliphatic carbocycles. The van der Waals surface area contributed by atoms with Crippen molar-refractivity contribution in [2.45, 2.75) is 20.3 Å². The van der Waals surface area contributed by atoms with E-state index in [0.29, 0.717) is 26.9 Å². The molecule has 0 aliphatic rings. The third-order valence-corrected chi connectivity index (χ3v) is 4.86. The molecule has 7 heteroatoms. The van der Waals surface area contributed by atoms with Gasteiger partial charge >= 0.3 is 5.97 Å². The zero-order valence-corrected chi connectivity index (χ0v) is 16.3. The van der Waals surface area contributed by atoms with Gasteiger partial charge in [-0.1, -0.05) is 41.4 Å². The molecule has 1 heterocycles. The highest BCUT2D eigenvalue weighted by Gasteiger charge is 2.15. The zero-order valence-electron chi connectivity index (χ0n) is 14.8. The number of furan rings is 1. The number of carbonyl (C=O) groups is 2. The second-order valence-electron chi connectivity index (χ2n) is 6.20. The minimum Gasteiger partial charge on any atom is -0.464 e. The van der Waals surface area contributed by atoms with Crippen LogP contribution < -0.4 is 5.32 Å². The zero-order chi connectivity index (χ0) is 19.6. The Labute approximate surface area is 166 Å². The van der Waals surface area contributed by atoms with E-state index < -0.39 is 18.5 Å². The molecule has 0 saturated heterocycles. The lowest BCUT2D eigenvalue weighted by Gasteiger charge is -2.11. The molecule has 1 amide bonds. The summed E-state index contributed by atoms with van der Waals surface area (Å²) in [5.74, 6) is -1.06. The lowest BCUT2D eigenvalue weighted by molar-refractivity contribution is -0.146. The number of hydrogen-bond acceptors (Lipinski definition) is 4. The van der Waals surface area contributed by atoms with Gasteiger partial charge in [-0.2, -0.15) is 0 Å². The number of halogens is 2. The van der Waals surface area contributed by atoms with Crippen molar-refractivity contribution < 1.29 is 18.7 Å². The molecule has 140 valence electrons. The van der Waals surface area contributed by atoms with Crippen molar-refractivity contribution in [3.8, 4) is 0 Å². The van der Waals surface area contributed by atoms with Gasteiger partial charge in [0.1, 0.15) is 5.58 Å². The van der Waals surface area contributed by atoms with Gasteiger partial charge in [-0.05, 0) is 37.1 Å². The molecular formula is C20H17Cl2NO4. The number of rotatable bonds is 5. The number of fused-ring (bicyclic) bond motifs is 1. The smallest absolute Gasteiger partial charge is 0.310 e. The van der Waals surface area contributed by atoms with Crippen LogP contribution in [0.3, 0.4) is 0 Å². The first-order valence-electron chi connectivity index (χ1n) is 8.22. The monoisotopic (exact) mass is 405 g/mol. The summed E-state index contributed by atoms with van der Waals surface area (Å²) in [5.41, 5.74) is 3.56. The topological polar surface area (TPSA) is 68.5 Å². The minimum atomic E-state index is -0.533. The third-order valence-electron chi connectivity index (χ3n) is 4.06. The SMILES string of the molecule is Cc1ccc2c(CC(=O)OCC(=O)Nc3c(Cl)ccc(C)c3Cl)coc2c1. The number of anilines is 1. The van der Waals surface area contributed by atoms with Crippen molar-refractivity contribution >= 4 is 51.7 Å². The van der Waals surface area contributed by atoms with Crippen molar-refractivity contribution in [3.63, 3.8) is 0 Å². The van der Waals surface area contributed by atoms with Crippen LogP contribution in [0.5, 0.6) is 0 Å². The summed E-state index contributed by atoms with van der Waals surface area (Å²) in [6.45, 7) is 3.32. The van der Waals surface area contributed by atoms with Crippen molar-refractivity contribution in [2.24, 2.45) is 0 Å². The van der Waals surface area contributed by atoms with Crippen molar-refractivity contribution in [2.75, 3.05) is 11.9 Å². The van der Waals surface area contributed by atoms with Crippen LogP contribution in [-0.4, -0.2) is 18.5 Å². The fraction of sp³-hybridized carbons (Fsp3) is 0.200. The average molecular weight is 406 g/mol. The van der Waals surface area contributed by atoms with Crippen molar-refractivity contribution in [1.82, 2.24) is 0 Å². The minimum absolute atomic E-state index is 0.00922. The lowest BCUT2D eigenvalue weighted by atomic mass is 10.1. The van der Waals surface area contributed by atoms with E-state index in [-0.39, 0.29) is 6.42 Å². The predicted octanol–water partition coefficient (Wildman–Crippen LogP) is 5.08. The predicted molar refractivity (Wildman–Crippen MR) is 105 cm³/mol. The molecule has 5 nitrogen and oxygen atoms in total. The molecule has 2 aromatic carbocycles. The molecule has 0 spiro atoms. The number of ether oxygens (including phenoxy) is 1. The Balaban J connectivity index is 1.59. The summed E-state index contributed by atoms with van der Waals surface area (Å²) in [4.78, 5) is 24.1. The number of nitrogens with one attached hydrogen (secondary N) is 1. The normalized spacial score (nSPS) is 10.8. The molecule has 1 aromatic heterocycles. The fourth-order valence-electron chi connectivity index (χ4n) is 2.63. The Bertz CT molecular complexity index is 1030. The fourth-order valence-corrected chi connectivity index (χ4v) is 3.09. The quantitative estimate of drug-likeness (QED) is 0.600. The van der Waals surface area contributed by atoms with Gasteiger partial charge in [-0.3, -0.25) is 9.59 Å². The first-order chi connectivity index (χ1) is 12.8. The van der Waals surface area contributed by atoms with Gasteiger partial charge in [0.05, 0.1) is 28.4 Å². The van der Waals surface area contributed by atoms with Crippen molar-refractivity contribution in [3.05, 3.63) is 63.3 Å². The Morgan fingerprint density at radius 1 is 1.15 bits per heavy atom. The summed E-state index contributed by atoms with van der Waals surface area (Å²) in [6, 6.07) is 9.11. The Kier molecular flexibility index (Phi) is 5.73. The van der Waals surface area contributed by atoms with E-state index in [1.54, 1.807) is 19.1 Å². The number of aryl methyl sites for hydroxylation is 2. The standard InChI is InChI=1S/C20H17Cl2NO4/c1-11-3-5-14-13(9-26-16(14)7-11)8-18(25)27-10-17(24)23-20-15(21)6-4-12(2)19(20)22/h3-7,9H,8,10H2,1-2H3,(H,23,24). The summed E-state index contributed by atoms with van der Waals surface area (Å²) in [7, 11) is 0. The number of amides is 1. The number of carbonyl (C=O) groups excluding carboxylic acids is 2. The molecule has 0 radical (unpaired) electrons. The number of benzene rings is 2. The Morgan fingerprint density at radius 2 is 1.93 bits per heavy atom. The molecule has 27 heavy (non-hydrogen) atoms. The molecule has 3 aromatic rings. The van der Waals surface area contributed by atoms with Crippen LogP contribution in [0.25, 0.3) is 11.0 Å². The van der Waals surface area contributed by atoms with E-state index in [2.05, 4.69) is 5.32 Å². The molecule has 0 aliphatic heterocycles. The lowest BCUT2D eigenvalue weighted by Crippen LogP contribution is -2.22. The first-order valence-corrected chi connectivity index (χ1v) is 8.97. The van der Waals surface area contributed by atoms with Gasteiger partial charge in [-0.25, -0.2) is 0 Å². The average Bonchev–Trinajstić information content (AvgIpc) is 3.02. The van der Waals surface area contributed by atoms with Crippen LogP contribution in [0.2, 0.25) is 10.0 Å². The molecular weight excluding hydrogens is 389 g/mol.